The summed E-state index contributed by atoms with van der Waals surface area (Å²) in [6.45, 7) is 1.86. The molecule has 27 heavy (non-hydrogen) atoms. The molecule has 2 aromatic rings. The third-order valence-electron chi connectivity index (χ3n) is 3.91. The van der Waals surface area contributed by atoms with Crippen LogP contribution in [0.4, 0.5) is 21.9 Å². The quantitative estimate of drug-likeness (QED) is 0.713. The molecule has 0 fully saturated rings. The summed E-state index contributed by atoms with van der Waals surface area (Å²) in [6, 6.07) is 11.9. The molecular weight excluding hydrogens is 391 g/mol. The smallest absolute Gasteiger partial charge is 0.426 e. The Morgan fingerprint density at radius 2 is 2.00 bits per heavy atom. The van der Waals surface area contributed by atoms with Gasteiger partial charge in [-0.25, -0.2) is 14.8 Å². The van der Waals surface area contributed by atoms with Crippen LogP contribution in [0.15, 0.2) is 47.5 Å². The fraction of sp³-hybridized carbons (Fsp3) is 0.167. The number of carboxylic acid groups (broad SMARTS) is 1. The zero-order valence-electron chi connectivity index (χ0n) is 14.3. The zero-order valence-corrected chi connectivity index (χ0v) is 15.8. The first-order valence-corrected chi connectivity index (χ1v) is 8.88. The Hall–Kier alpha value is -2.77. The van der Waals surface area contributed by atoms with E-state index < -0.39 is 6.09 Å². The molecule has 3 rings (SSSR count). The number of nitrogens with one attached hydrogen (secondary N) is 1. The molecular formula is C18H16Cl2N4O3. The van der Waals surface area contributed by atoms with Crippen LogP contribution < -0.4 is 10.3 Å². The Balaban J connectivity index is 2.09. The molecule has 0 unspecified atom stereocenters. The number of aliphatic imine (C=N–C) groups is 1. The van der Waals surface area contributed by atoms with Crippen LogP contribution >= 0.6 is 23.2 Å². The van der Waals surface area contributed by atoms with E-state index in [9.17, 15) is 14.7 Å². The maximum absolute atomic E-state index is 13.0. The predicted molar refractivity (Wildman–Crippen MR) is 105 cm³/mol. The van der Waals surface area contributed by atoms with E-state index in [-0.39, 0.29) is 24.7 Å². The van der Waals surface area contributed by atoms with Crippen LogP contribution in [0.2, 0.25) is 10.0 Å². The normalized spacial score (nSPS) is 13.5. The van der Waals surface area contributed by atoms with Crippen molar-refractivity contribution in [2.24, 2.45) is 4.99 Å². The van der Waals surface area contributed by atoms with E-state index in [1.54, 1.807) is 49.4 Å². The van der Waals surface area contributed by atoms with Gasteiger partial charge in [0.2, 0.25) is 5.91 Å². The van der Waals surface area contributed by atoms with E-state index in [2.05, 4.69) is 10.4 Å². The van der Waals surface area contributed by atoms with E-state index >= 15 is 0 Å². The predicted octanol–water partition coefficient (Wildman–Crippen LogP) is 4.60. The Labute approximate surface area is 165 Å². The molecule has 0 bridgehead atoms. The van der Waals surface area contributed by atoms with Gasteiger partial charge < -0.3 is 5.11 Å². The number of anilines is 2. The Morgan fingerprint density at radius 1 is 1.26 bits per heavy atom. The first-order chi connectivity index (χ1) is 12.9. The van der Waals surface area contributed by atoms with Crippen LogP contribution in [0.5, 0.6) is 0 Å². The molecule has 0 aliphatic carbocycles. The second kappa shape index (κ2) is 7.85. The number of fused-ring (bicyclic) bond motifs is 1. The lowest BCUT2D eigenvalue weighted by Gasteiger charge is -2.24. The van der Waals surface area contributed by atoms with Crippen molar-refractivity contribution < 1.29 is 14.7 Å². The van der Waals surface area contributed by atoms with Crippen molar-refractivity contribution in [3.63, 3.8) is 0 Å². The fourth-order valence-corrected chi connectivity index (χ4v) is 3.08. The Bertz CT molecular complexity index is 933. The SMILES string of the molecule is CCN(NC1=Nc2ccc(Cl)cc2N(c2ccccc2Cl)C(=O)C1)C(=O)O. The minimum Gasteiger partial charge on any atom is -0.464 e. The van der Waals surface area contributed by atoms with Gasteiger partial charge in [0.1, 0.15) is 5.84 Å². The first-order valence-electron chi connectivity index (χ1n) is 8.12. The summed E-state index contributed by atoms with van der Waals surface area (Å²) in [4.78, 5) is 30.2. The molecule has 0 spiro atoms. The molecule has 0 aromatic heterocycles. The van der Waals surface area contributed by atoms with Crippen molar-refractivity contribution >= 4 is 58.1 Å². The molecule has 0 saturated carbocycles. The molecule has 1 aliphatic rings. The molecule has 140 valence electrons. The van der Waals surface area contributed by atoms with E-state index in [4.69, 9.17) is 23.2 Å². The van der Waals surface area contributed by atoms with E-state index in [1.807, 2.05) is 0 Å². The highest BCUT2D eigenvalue weighted by atomic mass is 35.5. The number of rotatable bonds is 2. The Kier molecular flexibility index (Phi) is 5.53. The van der Waals surface area contributed by atoms with E-state index in [0.29, 0.717) is 27.1 Å². The number of halogens is 2. The topological polar surface area (TPSA) is 85.2 Å². The number of carbonyl (C=O) groups is 2. The monoisotopic (exact) mass is 406 g/mol. The van der Waals surface area contributed by atoms with Crippen molar-refractivity contribution in [2.45, 2.75) is 13.3 Å². The van der Waals surface area contributed by atoms with E-state index in [0.717, 1.165) is 5.01 Å². The minimum atomic E-state index is -1.17. The van der Waals surface area contributed by atoms with Crippen LogP contribution in [0, 0.1) is 0 Å². The van der Waals surface area contributed by atoms with E-state index in [1.165, 1.54) is 4.90 Å². The van der Waals surface area contributed by atoms with Crippen LogP contribution in [-0.2, 0) is 4.79 Å². The van der Waals surface area contributed by atoms with Gasteiger partial charge in [-0.2, -0.15) is 0 Å². The maximum atomic E-state index is 13.0. The molecule has 0 radical (unpaired) electrons. The van der Waals surface area contributed by atoms with Crippen molar-refractivity contribution in [3.05, 3.63) is 52.5 Å². The highest BCUT2D eigenvalue weighted by Gasteiger charge is 2.28. The Morgan fingerprint density at radius 3 is 2.67 bits per heavy atom. The zero-order chi connectivity index (χ0) is 19.6. The average Bonchev–Trinajstić information content (AvgIpc) is 2.75. The summed E-state index contributed by atoms with van der Waals surface area (Å²) in [5.41, 5.74) is 4.12. The lowest BCUT2D eigenvalue weighted by Crippen LogP contribution is -2.46. The molecule has 2 aromatic carbocycles. The van der Waals surface area contributed by atoms with Crippen LogP contribution in [-0.4, -0.2) is 34.5 Å². The molecule has 2 amide bonds. The summed E-state index contributed by atoms with van der Waals surface area (Å²) in [7, 11) is 0. The third-order valence-corrected chi connectivity index (χ3v) is 4.46. The van der Waals surface area contributed by atoms with Gasteiger partial charge in [-0.15, -0.1) is 0 Å². The fourth-order valence-electron chi connectivity index (χ4n) is 2.69. The van der Waals surface area contributed by atoms with Gasteiger partial charge in [0.25, 0.3) is 0 Å². The van der Waals surface area contributed by atoms with Crippen LogP contribution in [0.25, 0.3) is 0 Å². The van der Waals surface area contributed by atoms with Gasteiger partial charge in [0.05, 0.1) is 28.5 Å². The number of hydrogen-bond acceptors (Lipinski definition) is 4. The number of amidine groups is 1. The molecule has 0 atom stereocenters. The number of amides is 2. The van der Waals surface area contributed by atoms with Gasteiger partial charge in [0.15, 0.2) is 0 Å². The number of nitrogens with zero attached hydrogens (tertiary/aromatic N) is 3. The summed E-state index contributed by atoms with van der Waals surface area (Å²) in [6.07, 6.45) is -1.31. The van der Waals surface area contributed by atoms with Gasteiger partial charge in [-0.1, -0.05) is 35.3 Å². The second-order valence-corrected chi connectivity index (χ2v) is 6.53. The first kappa shape index (κ1) is 19.0. The summed E-state index contributed by atoms with van der Waals surface area (Å²) >= 11 is 12.4. The van der Waals surface area contributed by atoms with Crippen LogP contribution in [0.1, 0.15) is 13.3 Å². The second-order valence-electron chi connectivity index (χ2n) is 5.69. The largest absolute Gasteiger partial charge is 0.464 e. The number of hydrazine groups is 1. The van der Waals surface area contributed by atoms with Crippen LogP contribution in [0.3, 0.4) is 0 Å². The van der Waals surface area contributed by atoms with Crippen molar-refractivity contribution in [2.75, 3.05) is 11.4 Å². The summed E-state index contributed by atoms with van der Waals surface area (Å²) in [5, 5.41) is 11.0. The van der Waals surface area contributed by atoms with Gasteiger partial charge in [-0.3, -0.25) is 15.1 Å². The maximum Gasteiger partial charge on any atom is 0.426 e. The molecule has 2 N–H and O–H groups in total. The van der Waals surface area contributed by atoms with Crippen molar-refractivity contribution in [1.82, 2.24) is 10.4 Å². The number of carbonyl (C=O) groups excluding carboxylic acids is 1. The van der Waals surface area contributed by atoms with Gasteiger partial charge in [-0.05, 0) is 37.3 Å². The standard InChI is InChI=1S/C18H16Cl2N4O3/c1-2-23(18(26)27)22-16-10-17(25)24(14-6-4-3-5-12(14)20)15-9-11(19)7-8-13(15)21-16/h3-9H,2,10H2,1H3,(H,21,22)(H,26,27). The molecule has 1 heterocycles. The molecule has 1 aliphatic heterocycles. The minimum absolute atomic E-state index is 0.138. The lowest BCUT2D eigenvalue weighted by molar-refractivity contribution is -0.116. The van der Waals surface area contributed by atoms with Crippen molar-refractivity contribution in [3.8, 4) is 0 Å². The third kappa shape index (κ3) is 3.99. The molecule has 7 nitrogen and oxygen atoms in total. The summed E-state index contributed by atoms with van der Waals surface area (Å²) in [5.74, 6) is -0.112. The average molecular weight is 407 g/mol. The van der Waals surface area contributed by atoms with Gasteiger partial charge in [0, 0.05) is 11.6 Å². The highest BCUT2D eigenvalue weighted by Crippen LogP contribution is 2.40. The van der Waals surface area contributed by atoms with Crippen molar-refractivity contribution in [1.29, 1.82) is 0 Å². The van der Waals surface area contributed by atoms with Gasteiger partial charge >= 0.3 is 6.09 Å². The summed E-state index contributed by atoms with van der Waals surface area (Å²) < 4.78 is 0. The lowest BCUT2D eigenvalue weighted by atomic mass is 10.2. The molecule has 9 heteroatoms. The number of para-hydroxylation sites is 1. The number of hydrogen-bond donors (Lipinski definition) is 2. The highest BCUT2D eigenvalue weighted by molar-refractivity contribution is 6.35. The number of benzene rings is 2. The molecule has 0 saturated heterocycles.